The lowest BCUT2D eigenvalue weighted by atomic mass is 10.1. The van der Waals surface area contributed by atoms with E-state index in [9.17, 15) is 19.5 Å². The van der Waals surface area contributed by atoms with Gasteiger partial charge in [-0.3, -0.25) is 4.79 Å². The predicted octanol–water partition coefficient (Wildman–Crippen LogP) is 3.82. The lowest BCUT2D eigenvalue weighted by Gasteiger charge is -2.22. The molecule has 0 aromatic heterocycles. The molecule has 3 aromatic carbocycles. The van der Waals surface area contributed by atoms with Crippen LogP contribution in [0.15, 0.2) is 84.9 Å². The van der Waals surface area contributed by atoms with Crippen molar-refractivity contribution in [2.24, 2.45) is 0 Å². The molecule has 3 N–H and O–H groups in total. The van der Waals surface area contributed by atoms with Gasteiger partial charge in [0.1, 0.15) is 24.4 Å². The molecule has 8 nitrogen and oxygen atoms in total. The number of ether oxygens (including phenoxy) is 2. The van der Waals surface area contributed by atoms with E-state index in [0.717, 1.165) is 16.7 Å². The standard InChI is InChI=1S/C28H30N2O6S/c1-35-27(33)24(16-20-12-14-23(31)15-13-20)29-26(32)25(19-37-18-22-10-6-3-7-11-22)30-28(34)36-17-21-8-4-2-5-9-21/h2-15,24-25,31H,16-19H2,1H3,(H,29,32)(H,30,34)/t24-,25+/m0/s1. The molecule has 9 heteroatoms. The maximum Gasteiger partial charge on any atom is 0.408 e. The first-order valence-electron chi connectivity index (χ1n) is 11.7. The molecule has 0 saturated carbocycles. The van der Waals surface area contributed by atoms with Crippen molar-refractivity contribution in [2.75, 3.05) is 12.9 Å². The molecular weight excluding hydrogens is 492 g/mol. The number of esters is 1. The van der Waals surface area contributed by atoms with E-state index in [0.29, 0.717) is 5.75 Å². The molecule has 3 rings (SSSR count). The molecule has 0 unspecified atom stereocenters. The van der Waals surface area contributed by atoms with Crippen LogP contribution in [0.1, 0.15) is 16.7 Å². The van der Waals surface area contributed by atoms with Crippen LogP contribution in [0, 0.1) is 0 Å². The normalized spacial score (nSPS) is 12.1. The summed E-state index contributed by atoms with van der Waals surface area (Å²) in [6.07, 6.45) is -0.585. The van der Waals surface area contributed by atoms with Crippen LogP contribution in [-0.2, 0) is 37.8 Å². The van der Waals surface area contributed by atoms with Gasteiger partial charge in [-0.25, -0.2) is 9.59 Å². The molecule has 0 radical (unpaired) electrons. The Morgan fingerprint density at radius 2 is 1.43 bits per heavy atom. The molecule has 0 saturated heterocycles. The summed E-state index contributed by atoms with van der Waals surface area (Å²) in [7, 11) is 1.24. The van der Waals surface area contributed by atoms with Gasteiger partial charge in [-0.2, -0.15) is 11.8 Å². The van der Waals surface area contributed by atoms with Crippen molar-refractivity contribution in [3.05, 3.63) is 102 Å². The summed E-state index contributed by atoms with van der Waals surface area (Å²) in [5.74, 6) is -0.167. The zero-order chi connectivity index (χ0) is 26.5. The largest absolute Gasteiger partial charge is 0.508 e. The third kappa shape index (κ3) is 9.53. The first-order valence-corrected chi connectivity index (χ1v) is 12.8. The lowest BCUT2D eigenvalue weighted by Crippen LogP contribution is -2.53. The van der Waals surface area contributed by atoms with Crippen molar-refractivity contribution in [3.63, 3.8) is 0 Å². The van der Waals surface area contributed by atoms with Gasteiger partial charge in [-0.15, -0.1) is 0 Å². The van der Waals surface area contributed by atoms with Gasteiger partial charge in [0, 0.05) is 17.9 Å². The number of alkyl carbamates (subject to hydrolysis) is 1. The third-order valence-corrected chi connectivity index (χ3v) is 6.50. The van der Waals surface area contributed by atoms with Crippen LogP contribution in [0.5, 0.6) is 5.75 Å². The third-order valence-electron chi connectivity index (χ3n) is 5.40. The van der Waals surface area contributed by atoms with Crippen LogP contribution in [0.4, 0.5) is 4.79 Å². The molecule has 0 bridgehead atoms. The van der Waals surface area contributed by atoms with Crippen LogP contribution in [-0.4, -0.2) is 48.0 Å². The number of phenolic OH excluding ortho intramolecular Hbond substituents is 1. The van der Waals surface area contributed by atoms with Gasteiger partial charge in [0.15, 0.2) is 0 Å². The summed E-state index contributed by atoms with van der Waals surface area (Å²) in [4.78, 5) is 38.2. The highest BCUT2D eigenvalue weighted by Gasteiger charge is 2.28. The number of methoxy groups -OCH3 is 1. The van der Waals surface area contributed by atoms with Crippen molar-refractivity contribution in [3.8, 4) is 5.75 Å². The average molecular weight is 523 g/mol. The summed E-state index contributed by atoms with van der Waals surface area (Å²) in [6.45, 7) is 0.0593. The zero-order valence-corrected chi connectivity index (χ0v) is 21.3. The Kier molecular flexibility index (Phi) is 10.9. The van der Waals surface area contributed by atoms with E-state index in [4.69, 9.17) is 9.47 Å². The summed E-state index contributed by atoms with van der Waals surface area (Å²) in [6, 6.07) is 23.3. The number of benzene rings is 3. The van der Waals surface area contributed by atoms with Crippen LogP contribution >= 0.6 is 11.8 Å². The van der Waals surface area contributed by atoms with Crippen LogP contribution < -0.4 is 10.6 Å². The SMILES string of the molecule is COC(=O)[C@H](Cc1ccc(O)cc1)NC(=O)[C@@H](CSCc1ccccc1)NC(=O)OCc1ccccc1. The maximum absolute atomic E-state index is 13.2. The number of carbonyl (C=O) groups excluding carboxylic acids is 3. The average Bonchev–Trinajstić information content (AvgIpc) is 2.92. The minimum Gasteiger partial charge on any atom is -0.508 e. The Morgan fingerprint density at radius 1 is 0.811 bits per heavy atom. The zero-order valence-electron chi connectivity index (χ0n) is 20.5. The Morgan fingerprint density at radius 3 is 2.05 bits per heavy atom. The van der Waals surface area contributed by atoms with Crippen LogP contribution in [0.2, 0.25) is 0 Å². The molecule has 194 valence electrons. The highest BCUT2D eigenvalue weighted by Crippen LogP contribution is 2.15. The maximum atomic E-state index is 13.2. The Balaban J connectivity index is 1.66. The van der Waals surface area contributed by atoms with E-state index in [1.54, 1.807) is 12.1 Å². The lowest BCUT2D eigenvalue weighted by molar-refractivity contribution is -0.145. The molecule has 0 spiro atoms. The first kappa shape index (κ1) is 27.6. The predicted molar refractivity (Wildman–Crippen MR) is 142 cm³/mol. The molecule has 2 amide bonds. The number of thioether (sulfide) groups is 1. The Labute approximate surface area is 220 Å². The Hall–Kier alpha value is -3.98. The molecule has 0 aliphatic heterocycles. The summed E-state index contributed by atoms with van der Waals surface area (Å²) in [5, 5.41) is 14.8. The number of nitrogens with one attached hydrogen (secondary N) is 2. The van der Waals surface area contributed by atoms with Gasteiger partial charge in [-0.1, -0.05) is 72.8 Å². The van der Waals surface area contributed by atoms with Crippen molar-refractivity contribution in [1.82, 2.24) is 10.6 Å². The number of carbonyl (C=O) groups is 3. The van der Waals surface area contributed by atoms with Crippen molar-refractivity contribution >= 4 is 29.7 Å². The smallest absolute Gasteiger partial charge is 0.408 e. The van der Waals surface area contributed by atoms with E-state index in [1.807, 2.05) is 60.7 Å². The van der Waals surface area contributed by atoms with Crippen molar-refractivity contribution < 1.29 is 29.0 Å². The van der Waals surface area contributed by atoms with E-state index >= 15 is 0 Å². The number of amides is 2. The molecule has 3 aromatic rings. The highest BCUT2D eigenvalue weighted by atomic mass is 32.2. The fraction of sp³-hybridized carbons (Fsp3) is 0.250. The fourth-order valence-electron chi connectivity index (χ4n) is 3.43. The second-order valence-electron chi connectivity index (χ2n) is 8.21. The van der Waals surface area contributed by atoms with Crippen molar-refractivity contribution in [2.45, 2.75) is 30.9 Å². The monoisotopic (exact) mass is 522 g/mol. The minimum atomic E-state index is -0.981. The van der Waals surface area contributed by atoms with Gasteiger partial charge in [0.25, 0.3) is 0 Å². The second kappa shape index (κ2) is 14.5. The van der Waals surface area contributed by atoms with Crippen LogP contribution in [0.3, 0.4) is 0 Å². The summed E-state index contributed by atoms with van der Waals surface area (Å²) in [5.41, 5.74) is 2.62. The number of aromatic hydroxyl groups is 1. The molecule has 0 aliphatic carbocycles. The van der Waals surface area contributed by atoms with Gasteiger partial charge >= 0.3 is 12.1 Å². The molecular formula is C28H30N2O6S. The van der Waals surface area contributed by atoms with E-state index in [2.05, 4.69) is 10.6 Å². The minimum absolute atomic E-state index is 0.0593. The summed E-state index contributed by atoms with van der Waals surface area (Å²) >= 11 is 1.47. The first-order chi connectivity index (χ1) is 17.9. The molecule has 0 aliphatic rings. The molecule has 2 atom stereocenters. The van der Waals surface area contributed by atoms with Gasteiger partial charge in [0.2, 0.25) is 5.91 Å². The van der Waals surface area contributed by atoms with Gasteiger partial charge < -0.3 is 25.2 Å². The molecule has 0 heterocycles. The molecule has 37 heavy (non-hydrogen) atoms. The highest BCUT2D eigenvalue weighted by molar-refractivity contribution is 7.98. The Bertz CT molecular complexity index is 1140. The molecule has 0 fully saturated rings. The quantitative estimate of drug-likeness (QED) is 0.310. The second-order valence-corrected chi connectivity index (χ2v) is 9.24. The van der Waals surface area contributed by atoms with Gasteiger partial charge in [0.05, 0.1) is 7.11 Å². The number of rotatable bonds is 12. The van der Waals surface area contributed by atoms with Gasteiger partial charge in [-0.05, 0) is 28.8 Å². The van der Waals surface area contributed by atoms with E-state index in [-0.39, 0.29) is 24.5 Å². The number of hydrogen-bond acceptors (Lipinski definition) is 7. The number of hydrogen-bond donors (Lipinski definition) is 3. The fourth-order valence-corrected chi connectivity index (χ4v) is 4.45. The van der Waals surface area contributed by atoms with Crippen LogP contribution in [0.25, 0.3) is 0 Å². The van der Waals surface area contributed by atoms with E-state index in [1.165, 1.54) is 31.0 Å². The number of phenols is 1. The topological polar surface area (TPSA) is 114 Å². The van der Waals surface area contributed by atoms with E-state index < -0.39 is 30.1 Å². The van der Waals surface area contributed by atoms with Crippen molar-refractivity contribution in [1.29, 1.82) is 0 Å². The summed E-state index contributed by atoms with van der Waals surface area (Å²) < 4.78 is 10.2.